The van der Waals surface area contributed by atoms with Crippen LogP contribution < -0.4 is 0 Å². The van der Waals surface area contributed by atoms with Crippen molar-refractivity contribution < 1.29 is 0 Å². The summed E-state index contributed by atoms with van der Waals surface area (Å²) in [5.74, 6) is 5.04. The van der Waals surface area contributed by atoms with Gasteiger partial charge in [-0.25, -0.2) is 0 Å². The molecule has 0 saturated heterocycles. The summed E-state index contributed by atoms with van der Waals surface area (Å²) in [6, 6.07) is 0. The molecule has 60 valence electrons. The molecule has 0 rings (SSSR count). The lowest BCUT2D eigenvalue weighted by atomic mass is 10.9. The van der Waals surface area contributed by atoms with Crippen LogP contribution in [0.15, 0.2) is 12.0 Å². The van der Waals surface area contributed by atoms with E-state index in [1.165, 1.54) is 23.0 Å². The van der Waals surface area contributed by atoms with E-state index in [9.17, 15) is 0 Å². The molecule has 0 aliphatic carbocycles. The summed E-state index contributed by atoms with van der Waals surface area (Å²) in [4.78, 5) is 0. The van der Waals surface area contributed by atoms with Crippen molar-refractivity contribution in [1.29, 1.82) is 0 Å². The van der Waals surface area contributed by atoms with E-state index in [2.05, 4.69) is 12.8 Å². The molecule has 0 aromatic heterocycles. The zero-order valence-corrected chi connectivity index (χ0v) is 8.79. The van der Waals surface area contributed by atoms with Gasteiger partial charge in [0.1, 0.15) is 0 Å². The summed E-state index contributed by atoms with van der Waals surface area (Å²) >= 11 is 5.75. The standard InChI is InChI=1S/C7H14S3/c1-3-9-6-7-10-5-4-8-2/h3H,1,4-7H2,2H3. The molecule has 0 N–H and O–H groups in total. The molecule has 3 heteroatoms. The van der Waals surface area contributed by atoms with E-state index >= 15 is 0 Å². The zero-order chi connectivity index (χ0) is 7.66. The summed E-state index contributed by atoms with van der Waals surface area (Å²) in [5, 5.41) is 1.91. The highest BCUT2D eigenvalue weighted by Gasteiger charge is 1.86. The predicted octanol–water partition coefficient (Wildman–Crippen LogP) is 2.96. The third-order valence-electron chi connectivity index (χ3n) is 0.895. The molecule has 0 aromatic rings. The molecule has 0 aliphatic rings. The van der Waals surface area contributed by atoms with Crippen LogP contribution in [-0.2, 0) is 0 Å². The van der Waals surface area contributed by atoms with Gasteiger partial charge in [-0.1, -0.05) is 6.58 Å². The molecular formula is C7H14S3. The smallest absolute Gasteiger partial charge is 0.00649 e. The van der Waals surface area contributed by atoms with E-state index in [-0.39, 0.29) is 0 Å². The van der Waals surface area contributed by atoms with E-state index in [1.54, 1.807) is 11.8 Å². The van der Waals surface area contributed by atoms with Crippen molar-refractivity contribution in [2.24, 2.45) is 0 Å². The van der Waals surface area contributed by atoms with E-state index in [4.69, 9.17) is 0 Å². The molecule has 0 heterocycles. The number of thioether (sulfide) groups is 3. The Morgan fingerprint density at radius 3 is 2.50 bits per heavy atom. The Bertz CT molecular complexity index is 73.3. The Labute approximate surface area is 76.6 Å². The maximum atomic E-state index is 3.64. The van der Waals surface area contributed by atoms with Gasteiger partial charge in [-0.15, -0.1) is 11.8 Å². The van der Waals surface area contributed by atoms with Gasteiger partial charge in [-0.05, 0) is 11.7 Å². The second kappa shape index (κ2) is 9.79. The minimum Gasteiger partial charge on any atom is -0.165 e. The molecule has 0 aromatic carbocycles. The molecule has 0 bridgehead atoms. The summed E-state index contributed by atoms with van der Waals surface area (Å²) in [6.07, 6.45) is 2.15. The van der Waals surface area contributed by atoms with Crippen LogP contribution in [0.3, 0.4) is 0 Å². The van der Waals surface area contributed by atoms with Gasteiger partial charge in [0.2, 0.25) is 0 Å². The highest BCUT2D eigenvalue weighted by molar-refractivity contribution is 8.05. The van der Waals surface area contributed by atoms with Crippen LogP contribution in [0.4, 0.5) is 0 Å². The van der Waals surface area contributed by atoms with Gasteiger partial charge < -0.3 is 0 Å². The first-order valence-electron chi connectivity index (χ1n) is 3.21. The molecule has 0 saturated carbocycles. The van der Waals surface area contributed by atoms with Crippen molar-refractivity contribution in [3.05, 3.63) is 12.0 Å². The highest BCUT2D eigenvalue weighted by Crippen LogP contribution is 2.08. The van der Waals surface area contributed by atoms with Crippen molar-refractivity contribution in [2.45, 2.75) is 0 Å². The number of hydrogen-bond donors (Lipinski definition) is 0. The van der Waals surface area contributed by atoms with Crippen LogP contribution in [0.25, 0.3) is 0 Å². The molecule has 0 amide bonds. The lowest BCUT2D eigenvalue weighted by Gasteiger charge is -1.96. The fourth-order valence-electron chi connectivity index (χ4n) is 0.435. The molecule has 0 aliphatic heterocycles. The minimum absolute atomic E-state index is 1.21. The van der Waals surface area contributed by atoms with Gasteiger partial charge in [-0.2, -0.15) is 23.5 Å². The molecule has 0 spiro atoms. The summed E-state index contributed by atoms with van der Waals surface area (Å²) in [6.45, 7) is 3.64. The molecule has 0 unspecified atom stereocenters. The molecule has 10 heavy (non-hydrogen) atoms. The zero-order valence-electron chi connectivity index (χ0n) is 6.34. The number of rotatable bonds is 7. The minimum atomic E-state index is 1.21. The SMILES string of the molecule is C=CSCCSCCSC. The lowest BCUT2D eigenvalue weighted by Crippen LogP contribution is -1.87. The first-order valence-corrected chi connectivity index (χ1v) is 6.80. The average molecular weight is 194 g/mol. The summed E-state index contributed by atoms with van der Waals surface area (Å²) < 4.78 is 0. The van der Waals surface area contributed by atoms with Gasteiger partial charge in [0.05, 0.1) is 0 Å². The van der Waals surface area contributed by atoms with Crippen LogP contribution in [0.5, 0.6) is 0 Å². The van der Waals surface area contributed by atoms with Gasteiger partial charge >= 0.3 is 0 Å². The van der Waals surface area contributed by atoms with Crippen LogP contribution in [0.1, 0.15) is 0 Å². The van der Waals surface area contributed by atoms with Crippen molar-refractivity contribution in [3.8, 4) is 0 Å². The summed E-state index contributed by atoms with van der Waals surface area (Å²) in [5.41, 5.74) is 0. The predicted molar refractivity (Wildman–Crippen MR) is 58.4 cm³/mol. The Morgan fingerprint density at radius 1 is 1.20 bits per heavy atom. The monoisotopic (exact) mass is 194 g/mol. The Morgan fingerprint density at radius 2 is 1.90 bits per heavy atom. The largest absolute Gasteiger partial charge is 0.165 e. The van der Waals surface area contributed by atoms with Gasteiger partial charge in [0.25, 0.3) is 0 Å². The Balaban J connectivity index is 2.70. The lowest BCUT2D eigenvalue weighted by molar-refractivity contribution is 1.49. The van der Waals surface area contributed by atoms with Gasteiger partial charge in [0, 0.05) is 23.0 Å². The van der Waals surface area contributed by atoms with Crippen molar-refractivity contribution in [1.82, 2.24) is 0 Å². The second-order valence-corrected chi connectivity index (χ2v) is 4.93. The van der Waals surface area contributed by atoms with E-state index in [1.807, 2.05) is 28.9 Å². The topological polar surface area (TPSA) is 0 Å². The molecular weight excluding hydrogens is 180 g/mol. The molecule has 0 nitrogen and oxygen atoms in total. The van der Waals surface area contributed by atoms with Gasteiger partial charge in [0.15, 0.2) is 0 Å². The Hall–Kier alpha value is 0.790. The van der Waals surface area contributed by atoms with Gasteiger partial charge in [-0.3, -0.25) is 0 Å². The normalized spacial score (nSPS) is 9.70. The van der Waals surface area contributed by atoms with Crippen molar-refractivity contribution in [2.75, 3.05) is 29.3 Å². The van der Waals surface area contributed by atoms with Crippen molar-refractivity contribution in [3.63, 3.8) is 0 Å². The third kappa shape index (κ3) is 8.79. The van der Waals surface area contributed by atoms with E-state index in [0.717, 1.165) is 0 Å². The Kier molecular flexibility index (Phi) is 10.6. The van der Waals surface area contributed by atoms with Crippen LogP contribution in [-0.4, -0.2) is 29.3 Å². The fraction of sp³-hybridized carbons (Fsp3) is 0.714. The fourth-order valence-corrected chi connectivity index (χ4v) is 2.80. The van der Waals surface area contributed by atoms with Crippen LogP contribution in [0.2, 0.25) is 0 Å². The first kappa shape index (κ1) is 10.8. The van der Waals surface area contributed by atoms with E-state index in [0.29, 0.717) is 0 Å². The quantitative estimate of drug-likeness (QED) is 0.572. The number of hydrogen-bond acceptors (Lipinski definition) is 3. The molecule has 0 radical (unpaired) electrons. The second-order valence-electron chi connectivity index (χ2n) is 1.64. The molecule has 0 atom stereocenters. The third-order valence-corrected chi connectivity index (χ3v) is 3.69. The van der Waals surface area contributed by atoms with Crippen LogP contribution in [0, 0.1) is 0 Å². The van der Waals surface area contributed by atoms with Crippen molar-refractivity contribution >= 4 is 35.3 Å². The van der Waals surface area contributed by atoms with Crippen LogP contribution >= 0.6 is 35.3 Å². The maximum absolute atomic E-state index is 3.64. The highest BCUT2D eigenvalue weighted by atomic mass is 32.2. The first-order chi connectivity index (χ1) is 4.91. The average Bonchev–Trinajstić information content (AvgIpc) is 1.97. The summed E-state index contributed by atoms with van der Waals surface area (Å²) in [7, 11) is 0. The molecule has 0 fully saturated rings. The van der Waals surface area contributed by atoms with E-state index < -0.39 is 0 Å². The maximum Gasteiger partial charge on any atom is 0.00649 e.